The summed E-state index contributed by atoms with van der Waals surface area (Å²) in [7, 11) is 1.89. The molecule has 0 saturated carbocycles. The van der Waals surface area contributed by atoms with E-state index in [-0.39, 0.29) is 18.3 Å². The summed E-state index contributed by atoms with van der Waals surface area (Å²) in [6, 6.07) is 14.0. The van der Waals surface area contributed by atoms with Crippen molar-refractivity contribution in [3.63, 3.8) is 0 Å². The smallest absolute Gasteiger partial charge is 0.224 e. The van der Waals surface area contributed by atoms with Crippen LogP contribution in [0.3, 0.4) is 0 Å². The standard InChI is InChI=1S/C20H26N2O2.ClH/c1-15-6-4-7-17(12-15)14-24-18-9-10-19(16(2)13-18)22-20(23)8-5-11-21-3;/h4,6-7,9-10,12-13,21H,5,8,11,14H2,1-3H3,(H,22,23);1H. The Morgan fingerprint density at radius 2 is 1.92 bits per heavy atom. The molecule has 0 radical (unpaired) electrons. The average Bonchev–Trinajstić information content (AvgIpc) is 2.55. The second-order valence-electron chi connectivity index (χ2n) is 6.01. The summed E-state index contributed by atoms with van der Waals surface area (Å²) in [6.45, 7) is 5.43. The third-order valence-corrected chi connectivity index (χ3v) is 3.79. The summed E-state index contributed by atoms with van der Waals surface area (Å²) in [5, 5.41) is 6.00. The van der Waals surface area contributed by atoms with Gasteiger partial charge in [0.2, 0.25) is 5.91 Å². The van der Waals surface area contributed by atoms with E-state index in [0.717, 1.165) is 35.5 Å². The van der Waals surface area contributed by atoms with Crippen LogP contribution < -0.4 is 15.4 Å². The van der Waals surface area contributed by atoms with Crippen LogP contribution in [-0.2, 0) is 11.4 Å². The van der Waals surface area contributed by atoms with E-state index in [1.807, 2.05) is 38.2 Å². The summed E-state index contributed by atoms with van der Waals surface area (Å²) in [5.41, 5.74) is 4.21. The molecular weight excluding hydrogens is 336 g/mol. The highest BCUT2D eigenvalue weighted by molar-refractivity contribution is 5.91. The Hall–Kier alpha value is -2.04. The van der Waals surface area contributed by atoms with Gasteiger partial charge in [-0.25, -0.2) is 0 Å². The minimum Gasteiger partial charge on any atom is -0.489 e. The van der Waals surface area contributed by atoms with Crippen molar-refractivity contribution in [2.75, 3.05) is 18.9 Å². The number of ether oxygens (including phenoxy) is 1. The molecule has 0 aromatic heterocycles. The van der Waals surface area contributed by atoms with Gasteiger partial charge in [-0.3, -0.25) is 4.79 Å². The molecule has 2 aromatic carbocycles. The van der Waals surface area contributed by atoms with E-state index >= 15 is 0 Å². The highest BCUT2D eigenvalue weighted by Gasteiger charge is 2.06. The maximum atomic E-state index is 11.9. The van der Waals surface area contributed by atoms with Crippen LogP contribution >= 0.6 is 12.4 Å². The molecule has 136 valence electrons. The Balaban J connectivity index is 0.00000312. The zero-order valence-corrected chi connectivity index (χ0v) is 15.9. The summed E-state index contributed by atoms with van der Waals surface area (Å²) in [6.07, 6.45) is 1.35. The lowest BCUT2D eigenvalue weighted by atomic mass is 10.1. The number of anilines is 1. The molecule has 1 amide bonds. The summed E-state index contributed by atoms with van der Waals surface area (Å²) >= 11 is 0. The first-order valence-corrected chi connectivity index (χ1v) is 8.32. The van der Waals surface area contributed by atoms with Crippen molar-refractivity contribution >= 4 is 24.0 Å². The van der Waals surface area contributed by atoms with Crippen molar-refractivity contribution in [2.24, 2.45) is 0 Å². The first kappa shape index (κ1) is 21.0. The van der Waals surface area contributed by atoms with E-state index in [9.17, 15) is 4.79 Å². The minimum atomic E-state index is 0. The first-order chi connectivity index (χ1) is 11.6. The van der Waals surface area contributed by atoms with Gasteiger partial charge in [0.15, 0.2) is 0 Å². The Morgan fingerprint density at radius 1 is 1.12 bits per heavy atom. The topological polar surface area (TPSA) is 50.4 Å². The SMILES string of the molecule is CNCCCC(=O)Nc1ccc(OCc2cccc(C)c2)cc1C.Cl. The van der Waals surface area contributed by atoms with Crippen molar-refractivity contribution in [2.45, 2.75) is 33.3 Å². The highest BCUT2D eigenvalue weighted by atomic mass is 35.5. The van der Waals surface area contributed by atoms with E-state index in [1.54, 1.807) is 0 Å². The van der Waals surface area contributed by atoms with Crippen LogP contribution in [-0.4, -0.2) is 19.5 Å². The maximum Gasteiger partial charge on any atom is 0.224 e. The summed E-state index contributed by atoms with van der Waals surface area (Å²) in [4.78, 5) is 11.9. The lowest BCUT2D eigenvalue weighted by Crippen LogP contribution is -2.15. The zero-order valence-electron chi connectivity index (χ0n) is 15.1. The number of hydrogen-bond donors (Lipinski definition) is 2. The summed E-state index contributed by atoms with van der Waals surface area (Å²) < 4.78 is 5.85. The second kappa shape index (κ2) is 10.7. The van der Waals surface area contributed by atoms with E-state index in [2.05, 4.69) is 35.8 Å². The van der Waals surface area contributed by atoms with Crippen LogP contribution in [0.4, 0.5) is 5.69 Å². The van der Waals surface area contributed by atoms with Gasteiger partial charge in [-0.15, -0.1) is 12.4 Å². The fourth-order valence-electron chi connectivity index (χ4n) is 2.47. The Bertz CT molecular complexity index is 689. The molecule has 0 spiro atoms. The fourth-order valence-corrected chi connectivity index (χ4v) is 2.47. The number of nitrogens with one attached hydrogen (secondary N) is 2. The van der Waals surface area contributed by atoms with Crippen molar-refractivity contribution in [1.29, 1.82) is 0 Å². The van der Waals surface area contributed by atoms with Gasteiger partial charge >= 0.3 is 0 Å². The van der Waals surface area contributed by atoms with Crippen molar-refractivity contribution in [1.82, 2.24) is 5.32 Å². The molecule has 0 unspecified atom stereocenters. The maximum absolute atomic E-state index is 11.9. The Morgan fingerprint density at radius 3 is 2.60 bits per heavy atom. The molecule has 0 saturated heterocycles. The molecule has 0 aliphatic heterocycles. The Labute approximate surface area is 156 Å². The van der Waals surface area contributed by atoms with Crippen molar-refractivity contribution in [3.8, 4) is 5.75 Å². The summed E-state index contributed by atoms with van der Waals surface area (Å²) in [5.74, 6) is 0.851. The molecule has 0 heterocycles. The lowest BCUT2D eigenvalue weighted by molar-refractivity contribution is -0.116. The van der Waals surface area contributed by atoms with Gasteiger partial charge in [0.1, 0.15) is 12.4 Å². The quantitative estimate of drug-likeness (QED) is 0.690. The number of benzene rings is 2. The third-order valence-electron chi connectivity index (χ3n) is 3.79. The molecule has 0 atom stereocenters. The molecule has 0 aliphatic rings. The van der Waals surface area contributed by atoms with Crippen molar-refractivity contribution < 1.29 is 9.53 Å². The number of carbonyl (C=O) groups is 1. The van der Waals surface area contributed by atoms with Crippen LogP contribution in [0, 0.1) is 13.8 Å². The monoisotopic (exact) mass is 362 g/mol. The van der Waals surface area contributed by atoms with E-state index in [0.29, 0.717) is 13.0 Å². The van der Waals surface area contributed by atoms with Gasteiger partial charge in [-0.2, -0.15) is 0 Å². The molecule has 5 heteroatoms. The molecule has 0 bridgehead atoms. The molecule has 25 heavy (non-hydrogen) atoms. The second-order valence-corrected chi connectivity index (χ2v) is 6.01. The number of rotatable bonds is 8. The molecule has 2 rings (SSSR count). The van der Waals surface area contributed by atoms with Gasteiger partial charge < -0.3 is 15.4 Å². The van der Waals surface area contributed by atoms with Gasteiger partial charge in [0, 0.05) is 12.1 Å². The van der Waals surface area contributed by atoms with Gasteiger partial charge in [-0.05, 0) is 63.2 Å². The predicted molar refractivity (Wildman–Crippen MR) is 106 cm³/mol. The number of hydrogen-bond acceptors (Lipinski definition) is 3. The first-order valence-electron chi connectivity index (χ1n) is 8.32. The molecule has 4 nitrogen and oxygen atoms in total. The lowest BCUT2D eigenvalue weighted by Gasteiger charge is -2.12. The number of aryl methyl sites for hydroxylation is 2. The van der Waals surface area contributed by atoms with Gasteiger partial charge in [0.05, 0.1) is 0 Å². The highest BCUT2D eigenvalue weighted by Crippen LogP contribution is 2.22. The number of halogens is 1. The molecule has 2 N–H and O–H groups in total. The van der Waals surface area contributed by atoms with Crippen molar-refractivity contribution in [3.05, 3.63) is 59.2 Å². The third kappa shape index (κ3) is 7.16. The molecule has 2 aromatic rings. The van der Waals surface area contributed by atoms with Crippen LogP contribution in [0.1, 0.15) is 29.5 Å². The van der Waals surface area contributed by atoms with E-state index in [1.165, 1.54) is 5.56 Å². The number of carbonyl (C=O) groups excluding carboxylic acids is 1. The molecular formula is C20H27ClN2O2. The van der Waals surface area contributed by atoms with Crippen LogP contribution in [0.2, 0.25) is 0 Å². The molecule has 0 fully saturated rings. The number of amides is 1. The average molecular weight is 363 g/mol. The van der Waals surface area contributed by atoms with Crippen LogP contribution in [0.25, 0.3) is 0 Å². The zero-order chi connectivity index (χ0) is 17.4. The molecule has 0 aliphatic carbocycles. The minimum absolute atomic E-state index is 0. The van der Waals surface area contributed by atoms with E-state index in [4.69, 9.17) is 4.74 Å². The van der Waals surface area contributed by atoms with Gasteiger partial charge in [0.25, 0.3) is 0 Å². The fraction of sp³-hybridized carbons (Fsp3) is 0.350. The van der Waals surface area contributed by atoms with Crippen LogP contribution in [0.15, 0.2) is 42.5 Å². The van der Waals surface area contributed by atoms with E-state index < -0.39 is 0 Å². The predicted octanol–water partition coefficient (Wildman–Crippen LogP) is 4.24. The largest absolute Gasteiger partial charge is 0.489 e. The normalized spacial score (nSPS) is 10.0. The van der Waals surface area contributed by atoms with Crippen LogP contribution in [0.5, 0.6) is 5.75 Å². The Kier molecular flexibility index (Phi) is 9.03. The van der Waals surface area contributed by atoms with Gasteiger partial charge in [-0.1, -0.05) is 29.8 Å².